The molecule has 27 heavy (non-hydrogen) atoms. The summed E-state index contributed by atoms with van der Waals surface area (Å²) in [6.45, 7) is 0. The summed E-state index contributed by atoms with van der Waals surface area (Å²) in [7, 11) is 1.58. The highest BCUT2D eigenvalue weighted by Gasteiger charge is 2.15. The molecule has 0 saturated heterocycles. The largest absolute Gasteiger partial charge is 0.497 e. The lowest BCUT2D eigenvalue weighted by Crippen LogP contribution is -2.01. The molecule has 3 rings (SSSR count). The van der Waals surface area contributed by atoms with Gasteiger partial charge in [0.2, 0.25) is 0 Å². The van der Waals surface area contributed by atoms with Crippen LogP contribution in [0.1, 0.15) is 15.9 Å². The number of thioether (sulfide) groups is 1. The van der Waals surface area contributed by atoms with Crippen molar-refractivity contribution in [1.82, 2.24) is 0 Å². The van der Waals surface area contributed by atoms with Gasteiger partial charge in [-0.25, -0.2) is 4.39 Å². The number of carbonyl (C=O) groups is 1. The summed E-state index contributed by atoms with van der Waals surface area (Å²) >= 11 is 4.72. The number of carbonyl (C=O) groups excluding carboxylic acids is 1. The molecule has 0 fully saturated rings. The van der Waals surface area contributed by atoms with E-state index in [2.05, 4.69) is 15.9 Å². The third-order valence-electron chi connectivity index (χ3n) is 3.79. The summed E-state index contributed by atoms with van der Waals surface area (Å²) in [4.78, 5) is 14.4. The highest BCUT2D eigenvalue weighted by molar-refractivity contribution is 9.10. The van der Waals surface area contributed by atoms with Crippen molar-refractivity contribution >= 4 is 39.6 Å². The molecule has 0 N–H and O–H groups in total. The summed E-state index contributed by atoms with van der Waals surface area (Å²) in [5.74, 6) is 0.283. The van der Waals surface area contributed by atoms with Gasteiger partial charge >= 0.3 is 0 Å². The average molecular weight is 443 g/mol. The van der Waals surface area contributed by atoms with Crippen LogP contribution in [0.2, 0.25) is 0 Å². The molecule has 0 amide bonds. The first-order valence-electron chi connectivity index (χ1n) is 8.14. The number of ketones is 1. The lowest BCUT2D eigenvalue weighted by molar-refractivity contribution is 0.104. The standard InChI is InChI=1S/C22H16BrFO2S/c1-26-19-10-4-16(5-11-19)22(25)21(14-15-2-6-17(23)7-3-15)27-20-12-8-18(24)9-13-20/h2-14H,1H3/b21-14+. The Hall–Kier alpha value is -2.37. The maximum absolute atomic E-state index is 13.2. The maximum atomic E-state index is 13.2. The quantitative estimate of drug-likeness (QED) is 0.244. The fourth-order valence-electron chi connectivity index (χ4n) is 2.37. The molecule has 0 aromatic heterocycles. The molecule has 0 radical (unpaired) electrons. The van der Waals surface area contributed by atoms with Crippen molar-refractivity contribution in [3.05, 3.63) is 99.1 Å². The molecule has 0 heterocycles. The minimum Gasteiger partial charge on any atom is -0.497 e. The van der Waals surface area contributed by atoms with E-state index in [1.165, 1.54) is 23.9 Å². The molecular weight excluding hydrogens is 427 g/mol. The molecule has 0 aliphatic heterocycles. The van der Waals surface area contributed by atoms with Crippen LogP contribution >= 0.6 is 27.7 Å². The maximum Gasteiger partial charge on any atom is 0.199 e. The van der Waals surface area contributed by atoms with Crippen LogP contribution in [-0.2, 0) is 0 Å². The van der Waals surface area contributed by atoms with Crippen molar-refractivity contribution in [2.45, 2.75) is 4.90 Å². The SMILES string of the molecule is COc1ccc(C(=O)/C(=C\c2ccc(Br)cc2)Sc2ccc(F)cc2)cc1. The van der Waals surface area contributed by atoms with Gasteiger partial charge in [0.25, 0.3) is 0 Å². The second-order valence-corrected chi connectivity index (χ2v) is 7.70. The molecular formula is C22H16BrFO2S. The van der Waals surface area contributed by atoms with Crippen LogP contribution in [-0.4, -0.2) is 12.9 Å². The molecule has 5 heteroatoms. The predicted octanol–water partition coefficient (Wildman–Crippen LogP) is 6.61. The van der Waals surface area contributed by atoms with Gasteiger partial charge in [0.1, 0.15) is 11.6 Å². The Kier molecular flexibility index (Phi) is 6.48. The molecule has 0 unspecified atom stereocenters. The third-order valence-corrected chi connectivity index (χ3v) is 5.34. The molecule has 3 aromatic carbocycles. The first-order valence-corrected chi connectivity index (χ1v) is 9.75. The highest BCUT2D eigenvalue weighted by Crippen LogP contribution is 2.31. The Labute approximate surface area is 170 Å². The zero-order valence-electron chi connectivity index (χ0n) is 14.5. The van der Waals surface area contributed by atoms with E-state index >= 15 is 0 Å². The lowest BCUT2D eigenvalue weighted by Gasteiger charge is -2.08. The van der Waals surface area contributed by atoms with E-state index in [-0.39, 0.29) is 11.6 Å². The number of benzene rings is 3. The van der Waals surface area contributed by atoms with Gasteiger partial charge in [0.15, 0.2) is 5.78 Å². The Balaban J connectivity index is 1.95. The number of allylic oxidation sites excluding steroid dienone is 1. The molecule has 0 bridgehead atoms. The molecule has 0 atom stereocenters. The van der Waals surface area contributed by atoms with Crippen LogP contribution in [0.25, 0.3) is 6.08 Å². The smallest absolute Gasteiger partial charge is 0.199 e. The third kappa shape index (κ3) is 5.31. The Morgan fingerprint density at radius 2 is 1.59 bits per heavy atom. The van der Waals surface area contributed by atoms with E-state index in [9.17, 15) is 9.18 Å². The van der Waals surface area contributed by atoms with E-state index < -0.39 is 0 Å². The molecule has 0 saturated carbocycles. The van der Waals surface area contributed by atoms with Crippen LogP contribution in [0, 0.1) is 5.82 Å². The van der Waals surface area contributed by atoms with E-state index in [0.29, 0.717) is 16.2 Å². The first kappa shape index (κ1) is 19.4. The minimum atomic E-state index is -0.306. The molecule has 0 aliphatic carbocycles. The average Bonchev–Trinajstić information content (AvgIpc) is 2.70. The van der Waals surface area contributed by atoms with E-state index in [4.69, 9.17) is 4.74 Å². The molecule has 2 nitrogen and oxygen atoms in total. The Morgan fingerprint density at radius 1 is 0.963 bits per heavy atom. The van der Waals surface area contributed by atoms with Crippen molar-refractivity contribution in [3.8, 4) is 5.75 Å². The molecule has 0 spiro atoms. The molecule has 0 aliphatic rings. The van der Waals surface area contributed by atoms with Crippen molar-refractivity contribution in [1.29, 1.82) is 0 Å². The van der Waals surface area contributed by atoms with E-state index in [1.54, 1.807) is 43.5 Å². The monoisotopic (exact) mass is 442 g/mol. The van der Waals surface area contributed by atoms with Gasteiger partial charge in [-0.05, 0) is 72.3 Å². The fourth-order valence-corrected chi connectivity index (χ4v) is 3.56. The van der Waals surface area contributed by atoms with Crippen molar-refractivity contribution < 1.29 is 13.9 Å². The highest BCUT2D eigenvalue weighted by atomic mass is 79.9. The van der Waals surface area contributed by atoms with Crippen molar-refractivity contribution in [3.63, 3.8) is 0 Å². The number of Topliss-reactive ketones (excluding diaryl/α,β-unsaturated/α-hetero) is 1. The summed E-state index contributed by atoms with van der Waals surface area (Å²) in [5.41, 5.74) is 1.47. The van der Waals surface area contributed by atoms with Gasteiger partial charge in [0.05, 0.1) is 12.0 Å². The molecule has 3 aromatic rings. The Morgan fingerprint density at radius 3 is 2.19 bits per heavy atom. The summed E-state index contributed by atoms with van der Waals surface area (Å²) in [5, 5.41) is 0. The van der Waals surface area contributed by atoms with Crippen LogP contribution in [0.5, 0.6) is 5.75 Å². The van der Waals surface area contributed by atoms with Crippen LogP contribution in [0.4, 0.5) is 4.39 Å². The van der Waals surface area contributed by atoms with E-state index in [0.717, 1.165) is 14.9 Å². The topological polar surface area (TPSA) is 26.3 Å². The molecule has 136 valence electrons. The predicted molar refractivity (Wildman–Crippen MR) is 112 cm³/mol. The second-order valence-electron chi connectivity index (χ2n) is 5.67. The Bertz CT molecular complexity index is 949. The van der Waals surface area contributed by atoms with Crippen molar-refractivity contribution in [2.75, 3.05) is 7.11 Å². The van der Waals surface area contributed by atoms with Gasteiger partial charge < -0.3 is 4.74 Å². The zero-order chi connectivity index (χ0) is 19.2. The van der Waals surface area contributed by atoms with Crippen LogP contribution in [0.15, 0.2) is 87.1 Å². The van der Waals surface area contributed by atoms with Gasteiger partial charge in [-0.1, -0.05) is 39.8 Å². The number of halogens is 2. The zero-order valence-corrected chi connectivity index (χ0v) is 16.9. The lowest BCUT2D eigenvalue weighted by atomic mass is 10.1. The number of methoxy groups -OCH3 is 1. The summed E-state index contributed by atoms with van der Waals surface area (Å²) in [6, 6.07) is 20.8. The van der Waals surface area contributed by atoms with Gasteiger partial charge in [0, 0.05) is 14.9 Å². The minimum absolute atomic E-state index is 0.102. The van der Waals surface area contributed by atoms with Gasteiger partial charge in [-0.2, -0.15) is 0 Å². The first-order chi connectivity index (χ1) is 13.0. The van der Waals surface area contributed by atoms with Crippen LogP contribution in [0.3, 0.4) is 0 Å². The van der Waals surface area contributed by atoms with E-state index in [1.807, 2.05) is 30.3 Å². The number of hydrogen-bond acceptors (Lipinski definition) is 3. The van der Waals surface area contributed by atoms with Gasteiger partial charge in [-0.3, -0.25) is 4.79 Å². The van der Waals surface area contributed by atoms with Gasteiger partial charge in [-0.15, -0.1) is 0 Å². The van der Waals surface area contributed by atoms with Crippen molar-refractivity contribution in [2.24, 2.45) is 0 Å². The summed E-state index contributed by atoms with van der Waals surface area (Å²) < 4.78 is 19.3. The second kappa shape index (κ2) is 9.02. The fraction of sp³-hybridized carbons (Fsp3) is 0.0455. The van der Waals surface area contributed by atoms with Crippen LogP contribution < -0.4 is 4.74 Å². The number of rotatable bonds is 6. The normalized spacial score (nSPS) is 11.3. The number of hydrogen-bond donors (Lipinski definition) is 0. The summed E-state index contributed by atoms with van der Waals surface area (Å²) in [6.07, 6.45) is 1.84. The number of ether oxygens (including phenoxy) is 1.